The molecule has 1 aromatic carbocycles. The van der Waals surface area contributed by atoms with E-state index in [0.717, 1.165) is 5.56 Å². The Morgan fingerprint density at radius 1 is 1.29 bits per heavy atom. The fourth-order valence-corrected chi connectivity index (χ4v) is 3.17. The number of hydrogen-bond acceptors (Lipinski definition) is 4. The van der Waals surface area contributed by atoms with E-state index in [1.807, 2.05) is 20.8 Å². The normalized spacial score (nSPS) is 14.4. The summed E-state index contributed by atoms with van der Waals surface area (Å²) in [6, 6.07) is 5.89. The molecule has 0 radical (unpaired) electrons. The van der Waals surface area contributed by atoms with E-state index in [0.29, 0.717) is 5.16 Å². The van der Waals surface area contributed by atoms with E-state index >= 15 is 0 Å². The van der Waals surface area contributed by atoms with Gasteiger partial charge in [0.25, 0.3) is 0 Å². The lowest BCUT2D eigenvalue weighted by atomic mass is 10.1. The third-order valence-electron chi connectivity index (χ3n) is 3.24. The molecule has 2 unspecified atom stereocenters. The molecule has 3 N–H and O–H groups in total. The lowest BCUT2D eigenvalue weighted by molar-refractivity contribution is 0.532. The van der Waals surface area contributed by atoms with Crippen LogP contribution in [0.3, 0.4) is 0 Å². The number of benzene rings is 1. The summed E-state index contributed by atoms with van der Waals surface area (Å²) in [5.74, 6) is -0.285. The van der Waals surface area contributed by atoms with Gasteiger partial charge in [-0.3, -0.25) is 4.57 Å². The number of hydrogen-bond donors (Lipinski definition) is 2. The van der Waals surface area contributed by atoms with E-state index in [9.17, 15) is 9.18 Å². The molecule has 2 rings (SSSR count). The smallest absolute Gasteiger partial charge is 0.323 e. The van der Waals surface area contributed by atoms with Crippen molar-refractivity contribution in [2.45, 2.75) is 43.3 Å². The lowest BCUT2D eigenvalue weighted by Gasteiger charge is -2.20. The van der Waals surface area contributed by atoms with Crippen molar-refractivity contribution in [1.29, 1.82) is 0 Å². The molecule has 0 bridgehead atoms. The SMILES string of the molecule is CC(Sc1n[nH]c(=O)n1C(C)C)C(N)c1ccc(F)cc1. The zero-order valence-electron chi connectivity index (χ0n) is 12.2. The van der Waals surface area contributed by atoms with E-state index in [4.69, 9.17) is 5.73 Å². The molecule has 0 amide bonds. The monoisotopic (exact) mass is 310 g/mol. The van der Waals surface area contributed by atoms with Crippen molar-refractivity contribution in [1.82, 2.24) is 14.8 Å². The average molecular weight is 310 g/mol. The van der Waals surface area contributed by atoms with Crippen LogP contribution in [0.4, 0.5) is 4.39 Å². The molecule has 21 heavy (non-hydrogen) atoms. The highest BCUT2D eigenvalue weighted by Crippen LogP contribution is 2.29. The van der Waals surface area contributed by atoms with Crippen LogP contribution < -0.4 is 11.4 Å². The van der Waals surface area contributed by atoms with Crippen molar-refractivity contribution in [3.8, 4) is 0 Å². The van der Waals surface area contributed by atoms with Crippen LogP contribution in [0.5, 0.6) is 0 Å². The quantitative estimate of drug-likeness (QED) is 0.832. The second-order valence-electron chi connectivity index (χ2n) is 5.18. The van der Waals surface area contributed by atoms with Gasteiger partial charge in [-0.25, -0.2) is 14.3 Å². The van der Waals surface area contributed by atoms with Crippen LogP contribution in [0.25, 0.3) is 0 Å². The van der Waals surface area contributed by atoms with Crippen molar-refractivity contribution in [3.05, 3.63) is 46.1 Å². The van der Waals surface area contributed by atoms with Gasteiger partial charge in [0, 0.05) is 17.3 Å². The first-order valence-electron chi connectivity index (χ1n) is 6.74. The Labute approximate surface area is 126 Å². The lowest BCUT2D eigenvalue weighted by Crippen LogP contribution is -2.23. The number of aromatic amines is 1. The summed E-state index contributed by atoms with van der Waals surface area (Å²) >= 11 is 1.43. The summed E-state index contributed by atoms with van der Waals surface area (Å²) in [7, 11) is 0. The highest BCUT2D eigenvalue weighted by Gasteiger charge is 2.20. The third-order valence-corrected chi connectivity index (χ3v) is 4.40. The van der Waals surface area contributed by atoms with Crippen molar-refractivity contribution < 1.29 is 4.39 Å². The molecule has 0 aliphatic rings. The fourth-order valence-electron chi connectivity index (χ4n) is 2.02. The predicted molar refractivity (Wildman–Crippen MR) is 81.9 cm³/mol. The Bertz CT molecular complexity index is 650. The summed E-state index contributed by atoms with van der Waals surface area (Å²) in [4.78, 5) is 11.7. The van der Waals surface area contributed by atoms with Crippen LogP contribution in [-0.4, -0.2) is 20.0 Å². The van der Waals surface area contributed by atoms with Crippen molar-refractivity contribution >= 4 is 11.8 Å². The number of nitrogens with one attached hydrogen (secondary N) is 1. The van der Waals surface area contributed by atoms with Gasteiger partial charge < -0.3 is 5.73 Å². The Kier molecular flexibility index (Phi) is 4.84. The first kappa shape index (κ1) is 15.8. The van der Waals surface area contributed by atoms with Crippen LogP contribution >= 0.6 is 11.8 Å². The molecule has 1 heterocycles. The number of nitrogens with two attached hydrogens (primary N) is 1. The molecule has 0 spiro atoms. The minimum Gasteiger partial charge on any atom is -0.323 e. The average Bonchev–Trinajstić information content (AvgIpc) is 2.79. The van der Waals surface area contributed by atoms with Crippen LogP contribution in [0.2, 0.25) is 0 Å². The maximum Gasteiger partial charge on any atom is 0.344 e. The van der Waals surface area contributed by atoms with E-state index in [-0.39, 0.29) is 28.8 Å². The Hall–Kier alpha value is -1.60. The Morgan fingerprint density at radius 2 is 1.90 bits per heavy atom. The molecule has 0 saturated carbocycles. The molecule has 2 aromatic rings. The van der Waals surface area contributed by atoms with Gasteiger partial charge in [-0.15, -0.1) is 5.10 Å². The number of aromatic nitrogens is 3. The molecule has 2 atom stereocenters. The molecule has 7 heteroatoms. The summed E-state index contributed by atoms with van der Waals surface area (Å²) in [6.45, 7) is 5.81. The largest absolute Gasteiger partial charge is 0.344 e. The second-order valence-corrected chi connectivity index (χ2v) is 6.52. The van der Waals surface area contributed by atoms with Crippen LogP contribution in [0.1, 0.15) is 38.4 Å². The molecule has 1 aromatic heterocycles. The van der Waals surface area contributed by atoms with Gasteiger partial charge in [0.1, 0.15) is 5.82 Å². The van der Waals surface area contributed by atoms with Gasteiger partial charge in [-0.2, -0.15) is 0 Å². The third kappa shape index (κ3) is 3.54. The second kappa shape index (κ2) is 6.44. The number of thioether (sulfide) groups is 1. The molecule has 0 aliphatic carbocycles. The van der Waals surface area contributed by atoms with Crippen LogP contribution in [-0.2, 0) is 0 Å². The van der Waals surface area contributed by atoms with Gasteiger partial charge in [0.05, 0.1) is 0 Å². The number of H-pyrrole nitrogens is 1. The summed E-state index contributed by atoms with van der Waals surface area (Å²) in [6.07, 6.45) is 0. The number of nitrogens with zero attached hydrogens (tertiary/aromatic N) is 2. The molecule has 114 valence electrons. The zero-order chi connectivity index (χ0) is 15.6. The topological polar surface area (TPSA) is 76.7 Å². The summed E-state index contributed by atoms with van der Waals surface area (Å²) in [5, 5.41) is 7.10. The first-order chi connectivity index (χ1) is 9.90. The van der Waals surface area contributed by atoms with E-state index in [2.05, 4.69) is 10.2 Å². The van der Waals surface area contributed by atoms with Gasteiger partial charge in [-0.05, 0) is 31.5 Å². The molecule has 0 aliphatic heterocycles. The highest BCUT2D eigenvalue weighted by atomic mass is 32.2. The fraction of sp³-hybridized carbons (Fsp3) is 0.429. The summed E-state index contributed by atoms with van der Waals surface area (Å²) < 4.78 is 14.5. The van der Waals surface area contributed by atoms with Gasteiger partial charge in [0.15, 0.2) is 5.16 Å². The molecular formula is C14H19FN4OS. The number of rotatable bonds is 5. The van der Waals surface area contributed by atoms with Crippen molar-refractivity contribution in [2.75, 3.05) is 0 Å². The standard InChI is InChI=1S/C14H19FN4OS/c1-8(2)19-13(20)17-18-14(19)21-9(3)12(16)10-4-6-11(15)7-5-10/h4-9,12H,16H2,1-3H3,(H,17,20). The Morgan fingerprint density at radius 3 is 2.48 bits per heavy atom. The van der Waals surface area contributed by atoms with E-state index in [1.54, 1.807) is 16.7 Å². The van der Waals surface area contributed by atoms with Crippen molar-refractivity contribution in [3.63, 3.8) is 0 Å². The molecular weight excluding hydrogens is 291 g/mol. The van der Waals surface area contributed by atoms with E-state index < -0.39 is 0 Å². The first-order valence-corrected chi connectivity index (χ1v) is 7.62. The number of halogens is 1. The van der Waals surface area contributed by atoms with Gasteiger partial charge in [0.2, 0.25) is 0 Å². The molecule has 0 saturated heterocycles. The maximum absolute atomic E-state index is 12.9. The van der Waals surface area contributed by atoms with Crippen LogP contribution in [0, 0.1) is 5.82 Å². The van der Waals surface area contributed by atoms with Crippen molar-refractivity contribution in [2.24, 2.45) is 5.73 Å². The maximum atomic E-state index is 12.9. The molecule has 5 nitrogen and oxygen atoms in total. The van der Waals surface area contributed by atoms with E-state index in [1.165, 1.54) is 23.9 Å². The minimum atomic E-state index is -0.285. The zero-order valence-corrected chi connectivity index (χ0v) is 13.0. The predicted octanol–water partition coefficient (Wildman–Crippen LogP) is 2.47. The molecule has 0 fully saturated rings. The summed E-state index contributed by atoms with van der Waals surface area (Å²) in [5.41, 5.74) is 6.83. The van der Waals surface area contributed by atoms with Gasteiger partial charge in [-0.1, -0.05) is 30.8 Å². The highest BCUT2D eigenvalue weighted by molar-refractivity contribution is 7.99. The van der Waals surface area contributed by atoms with Gasteiger partial charge >= 0.3 is 5.69 Å². The van der Waals surface area contributed by atoms with Crippen LogP contribution in [0.15, 0.2) is 34.2 Å². The Balaban J connectivity index is 2.16. The minimum absolute atomic E-state index is 0.0110.